The minimum atomic E-state index is -0.938. The lowest BCUT2D eigenvalue weighted by molar-refractivity contribution is -0.132. The third-order valence-corrected chi connectivity index (χ3v) is 6.07. The molecule has 29 heavy (non-hydrogen) atoms. The van der Waals surface area contributed by atoms with Crippen LogP contribution in [0.4, 0.5) is 14.9 Å². The van der Waals surface area contributed by atoms with E-state index in [0.717, 1.165) is 18.5 Å². The Hall–Kier alpha value is -2.84. The molecular weight excluding hydrogens is 379 g/mol. The number of imide groups is 1. The van der Waals surface area contributed by atoms with Crippen molar-refractivity contribution in [2.24, 2.45) is 5.92 Å². The molecule has 1 aromatic carbocycles. The number of urea groups is 1. The van der Waals surface area contributed by atoms with Gasteiger partial charge in [0.1, 0.15) is 17.1 Å². The van der Waals surface area contributed by atoms with Gasteiger partial charge < -0.3 is 19.9 Å². The number of nitrogens with one attached hydrogen (secondary N) is 2. The van der Waals surface area contributed by atoms with Crippen molar-refractivity contribution < 1.29 is 23.5 Å². The topological polar surface area (TPSA) is 91.0 Å². The maximum atomic E-state index is 13.8. The number of ether oxygens (including phenoxy) is 1. The number of nitrogens with zero attached hydrogens (tertiary/aromatic N) is 2. The molecule has 0 aromatic heterocycles. The van der Waals surface area contributed by atoms with Gasteiger partial charge in [-0.15, -0.1) is 0 Å². The summed E-state index contributed by atoms with van der Waals surface area (Å²) in [6.45, 7) is 2.21. The molecule has 9 heteroatoms. The first-order valence-corrected chi connectivity index (χ1v) is 9.92. The number of carbonyl (C=O) groups excluding carboxylic acids is 3. The molecule has 1 saturated carbocycles. The first-order valence-electron chi connectivity index (χ1n) is 9.92. The number of piperazine rings is 1. The third kappa shape index (κ3) is 3.86. The predicted molar refractivity (Wildman–Crippen MR) is 103 cm³/mol. The molecule has 0 spiro atoms. The quantitative estimate of drug-likeness (QED) is 0.697. The van der Waals surface area contributed by atoms with E-state index in [1.54, 1.807) is 11.0 Å². The maximum absolute atomic E-state index is 13.8. The number of carbonyl (C=O) groups is 3. The second kappa shape index (κ2) is 7.53. The summed E-state index contributed by atoms with van der Waals surface area (Å²) in [6.07, 6.45) is 2.29. The van der Waals surface area contributed by atoms with Crippen molar-refractivity contribution >= 4 is 23.5 Å². The molecule has 0 radical (unpaired) electrons. The van der Waals surface area contributed by atoms with Gasteiger partial charge in [-0.05, 0) is 31.2 Å². The molecule has 2 N–H and O–H groups in total. The largest absolute Gasteiger partial charge is 0.497 e. The monoisotopic (exact) mass is 404 g/mol. The molecule has 1 aromatic rings. The highest BCUT2D eigenvalue weighted by atomic mass is 19.1. The van der Waals surface area contributed by atoms with Crippen LogP contribution in [0.1, 0.15) is 25.7 Å². The normalized spacial score (nSPS) is 24.3. The first kappa shape index (κ1) is 19.5. The summed E-state index contributed by atoms with van der Waals surface area (Å²) in [6, 6.07) is 4.09. The van der Waals surface area contributed by atoms with Crippen molar-refractivity contribution in [1.82, 2.24) is 15.5 Å². The SMILES string of the molecule is COc1cc(F)cc(N2CCN(C(=O)CCC3(C4CC4)NC(=O)NC3=O)CC2)c1. The first-order chi connectivity index (χ1) is 13.9. The van der Waals surface area contributed by atoms with Gasteiger partial charge in [-0.2, -0.15) is 0 Å². The van der Waals surface area contributed by atoms with E-state index in [0.29, 0.717) is 38.3 Å². The van der Waals surface area contributed by atoms with Crippen LogP contribution in [-0.2, 0) is 9.59 Å². The third-order valence-electron chi connectivity index (χ3n) is 6.07. The Kier molecular flexibility index (Phi) is 5.06. The van der Waals surface area contributed by atoms with Crippen molar-refractivity contribution in [3.05, 3.63) is 24.0 Å². The van der Waals surface area contributed by atoms with E-state index < -0.39 is 11.6 Å². The van der Waals surface area contributed by atoms with Gasteiger partial charge in [0.05, 0.1) is 7.11 Å². The van der Waals surface area contributed by atoms with Crippen LogP contribution < -0.4 is 20.3 Å². The van der Waals surface area contributed by atoms with E-state index in [9.17, 15) is 18.8 Å². The predicted octanol–water partition coefficient (Wildman–Crippen LogP) is 1.25. The second-order valence-corrected chi connectivity index (χ2v) is 7.87. The zero-order valence-electron chi connectivity index (χ0n) is 16.4. The van der Waals surface area contributed by atoms with E-state index in [1.807, 2.05) is 4.90 Å². The summed E-state index contributed by atoms with van der Waals surface area (Å²) >= 11 is 0. The van der Waals surface area contributed by atoms with E-state index in [4.69, 9.17) is 4.74 Å². The Morgan fingerprint density at radius 2 is 1.93 bits per heavy atom. The van der Waals surface area contributed by atoms with Crippen LogP contribution in [0.15, 0.2) is 18.2 Å². The molecule has 0 bridgehead atoms. The Bertz CT molecular complexity index is 836. The lowest BCUT2D eigenvalue weighted by atomic mass is 9.87. The lowest BCUT2D eigenvalue weighted by Gasteiger charge is -2.36. The zero-order chi connectivity index (χ0) is 20.6. The van der Waals surface area contributed by atoms with Crippen LogP contribution in [-0.4, -0.2) is 61.6 Å². The van der Waals surface area contributed by atoms with Gasteiger partial charge in [-0.1, -0.05) is 0 Å². The fourth-order valence-electron chi connectivity index (χ4n) is 4.27. The number of methoxy groups -OCH3 is 1. The lowest BCUT2D eigenvalue weighted by Crippen LogP contribution is -2.51. The van der Waals surface area contributed by atoms with Crippen LogP contribution in [0.5, 0.6) is 5.75 Å². The van der Waals surface area contributed by atoms with Gasteiger partial charge in [0.25, 0.3) is 5.91 Å². The average Bonchev–Trinajstić information content (AvgIpc) is 3.52. The Morgan fingerprint density at radius 3 is 2.52 bits per heavy atom. The van der Waals surface area contributed by atoms with Crippen molar-refractivity contribution in [1.29, 1.82) is 0 Å². The van der Waals surface area contributed by atoms with Crippen LogP contribution in [0.3, 0.4) is 0 Å². The number of amides is 4. The standard InChI is InChI=1S/C20H25FN4O4/c1-29-16-11-14(21)10-15(12-16)24-6-8-25(9-7-24)17(26)4-5-20(13-2-3-13)18(27)22-19(28)23-20/h10-13H,2-9H2,1H3,(H2,22,23,27,28). The molecule has 2 heterocycles. The zero-order valence-corrected chi connectivity index (χ0v) is 16.4. The number of hydrogen-bond donors (Lipinski definition) is 2. The van der Waals surface area contributed by atoms with Gasteiger partial charge >= 0.3 is 6.03 Å². The summed E-state index contributed by atoms with van der Waals surface area (Å²) in [7, 11) is 1.50. The van der Waals surface area contributed by atoms with Gasteiger partial charge in [0.15, 0.2) is 0 Å². The summed E-state index contributed by atoms with van der Waals surface area (Å²) in [4.78, 5) is 40.4. The highest BCUT2D eigenvalue weighted by molar-refractivity contribution is 6.07. The van der Waals surface area contributed by atoms with Gasteiger partial charge in [0.2, 0.25) is 5.91 Å². The molecular formula is C20H25FN4O4. The fourth-order valence-corrected chi connectivity index (χ4v) is 4.27. The molecule has 4 amide bonds. The maximum Gasteiger partial charge on any atom is 0.322 e. The Morgan fingerprint density at radius 1 is 1.21 bits per heavy atom. The summed E-state index contributed by atoms with van der Waals surface area (Å²) < 4.78 is 18.9. The van der Waals surface area contributed by atoms with Crippen LogP contribution in [0.25, 0.3) is 0 Å². The molecule has 2 aliphatic heterocycles. The highest BCUT2D eigenvalue weighted by Crippen LogP contribution is 2.43. The van der Waals surface area contributed by atoms with Crippen molar-refractivity contribution in [3.8, 4) is 5.75 Å². The Balaban J connectivity index is 1.33. The van der Waals surface area contributed by atoms with Crippen molar-refractivity contribution in [3.63, 3.8) is 0 Å². The molecule has 2 saturated heterocycles. The van der Waals surface area contributed by atoms with Gasteiger partial charge in [-0.25, -0.2) is 9.18 Å². The van der Waals surface area contributed by atoms with E-state index in [2.05, 4.69) is 10.6 Å². The van der Waals surface area contributed by atoms with Crippen LogP contribution in [0, 0.1) is 11.7 Å². The van der Waals surface area contributed by atoms with Crippen molar-refractivity contribution in [2.75, 3.05) is 38.2 Å². The number of benzene rings is 1. The molecule has 1 unspecified atom stereocenters. The highest BCUT2D eigenvalue weighted by Gasteiger charge is 2.55. The summed E-state index contributed by atoms with van der Waals surface area (Å²) in [5.74, 6) is -0.138. The van der Waals surface area contributed by atoms with Gasteiger partial charge in [-0.3, -0.25) is 14.9 Å². The smallest absolute Gasteiger partial charge is 0.322 e. The number of halogens is 1. The molecule has 4 rings (SSSR count). The second-order valence-electron chi connectivity index (χ2n) is 7.87. The van der Waals surface area contributed by atoms with E-state index in [-0.39, 0.29) is 30.0 Å². The fraction of sp³-hybridized carbons (Fsp3) is 0.550. The summed E-state index contributed by atoms with van der Waals surface area (Å²) in [5, 5.41) is 5.06. The molecule has 156 valence electrons. The molecule has 3 fully saturated rings. The van der Waals surface area contributed by atoms with Crippen molar-refractivity contribution in [2.45, 2.75) is 31.2 Å². The van der Waals surface area contributed by atoms with Crippen LogP contribution in [0.2, 0.25) is 0 Å². The molecule has 1 aliphatic carbocycles. The van der Waals surface area contributed by atoms with Crippen LogP contribution >= 0.6 is 0 Å². The van der Waals surface area contributed by atoms with E-state index in [1.165, 1.54) is 19.2 Å². The number of hydrogen-bond acceptors (Lipinski definition) is 5. The average molecular weight is 404 g/mol. The molecule has 3 aliphatic rings. The van der Waals surface area contributed by atoms with Gasteiger partial charge in [0, 0.05) is 50.4 Å². The molecule has 1 atom stereocenters. The number of anilines is 1. The Labute approximate surface area is 168 Å². The minimum Gasteiger partial charge on any atom is -0.497 e. The van der Waals surface area contributed by atoms with E-state index >= 15 is 0 Å². The molecule has 8 nitrogen and oxygen atoms in total. The number of rotatable bonds is 6. The summed E-state index contributed by atoms with van der Waals surface area (Å²) in [5.41, 5.74) is -0.209. The minimum absolute atomic E-state index is 0.0320.